The van der Waals surface area contributed by atoms with Crippen LogP contribution in [0.5, 0.6) is 0 Å². The molecule has 0 heterocycles. The summed E-state index contributed by atoms with van der Waals surface area (Å²) in [5.41, 5.74) is 0. The lowest BCUT2D eigenvalue weighted by molar-refractivity contribution is 0.568. The summed E-state index contributed by atoms with van der Waals surface area (Å²) in [7, 11) is -2.92. The average molecular weight is 299 g/mol. The van der Waals surface area contributed by atoms with Gasteiger partial charge in [0.25, 0.3) is 0 Å². The highest BCUT2D eigenvalue weighted by Crippen LogP contribution is 2.11. The van der Waals surface area contributed by atoms with Gasteiger partial charge in [-0.05, 0) is 6.42 Å². The third-order valence-corrected chi connectivity index (χ3v) is 4.24. The van der Waals surface area contributed by atoms with Crippen molar-refractivity contribution in [2.75, 3.05) is 5.75 Å². The Hall–Kier alpha value is 0.430. The van der Waals surface area contributed by atoms with Crippen molar-refractivity contribution in [3.63, 3.8) is 0 Å². The minimum absolute atomic E-state index is 0.281. The van der Waals surface area contributed by atoms with Crippen molar-refractivity contribution in [1.82, 2.24) is 0 Å². The van der Waals surface area contributed by atoms with Gasteiger partial charge in [-0.15, -0.1) is 0 Å². The van der Waals surface area contributed by atoms with Gasteiger partial charge in [-0.3, -0.25) is 0 Å². The number of hydrogen-bond donors (Lipinski definition) is 0. The first-order valence-electron chi connectivity index (χ1n) is 5.98. The molecule has 0 aliphatic rings. The van der Waals surface area contributed by atoms with E-state index < -0.39 is 8.27 Å². The van der Waals surface area contributed by atoms with Gasteiger partial charge in [0.05, 0.1) is 20.6 Å². The predicted molar refractivity (Wildman–Crippen MR) is 69.9 cm³/mol. The van der Waals surface area contributed by atoms with Crippen LogP contribution in [0.3, 0.4) is 0 Å². The van der Waals surface area contributed by atoms with Crippen molar-refractivity contribution in [3.05, 3.63) is 0 Å². The fourth-order valence-corrected chi connectivity index (χ4v) is 2.82. The Bertz CT molecular complexity index is 225. The quantitative estimate of drug-likeness (QED) is 0.446. The SMILES string of the molecule is CCCCCCCCCCCS(=O)(=O)Br. The second-order valence-corrected chi connectivity index (χ2v) is 8.52. The van der Waals surface area contributed by atoms with E-state index in [9.17, 15) is 8.42 Å². The fraction of sp³-hybridized carbons (Fsp3) is 1.00. The first-order valence-corrected chi connectivity index (χ1v) is 9.48. The summed E-state index contributed by atoms with van der Waals surface area (Å²) in [5, 5.41) is 0. The molecule has 0 atom stereocenters. The molecule has 0 aromatic heterocycles. The molecule has 2 nitrogen and oxygen atoms in total. The minimum Gasteiger partial charge on any atom is -0.217 e. The van der Waals surface area contributed by atoms with E-state index >= 15 is 0 Å². The summed E-state index contributed by atoms with van der Waals surface area (Å²) in [6.45, 7) is 2.22. The van der Waals surface area contributed by atoms with Crippen LogP contribution in [0.1, 0.15) is 64.7 Å². The van der Waals surface area contributed by atoms with Crippen molar-refractivity contribution >= 4 is 23.1 Å². The van der Waals surface area contributed by atoms with E-state index in [1.807, 2.05) is 0 Å². The Kier molecular flexibility index (Phi) is 9.92. The Labute approximate surface area is 102 Å². The van der Waals surface area contributed by atoms with Crippen molar-refractivity contribution in [2.24, 2.45) is 0 Å². The van der Waals surface area contributed by atoms with E-state index in [1.165, 1.54) is 44.9 Å². The topological polar surface area (TPSA) is 34.1 Å². The van der Waals surface area contributed by atoms with Crippen molar-refractivity contribution < 1.29 is 8.42 Å². The van der Waals surface area contributed by atoms with Crippen LogP contribution in [-0.2, 0) is 8.27 Å². The summed E-state index contributed by atoms with van der Waals surface area (Å²) in [6.07, 6.45) is 10.9. The maximum atomic E-state index is 10.8. The predicted octanol–water partition coefficient (Wildman–Crippen LogP) is 4.24. The Balaban J connectivity index is 3.06. The van der Waals surface area contributed by atoms with Gasteiger partial charge in [-0.2, -0.15) is 0 Å². The number of rotatable bonds is 10. The van der Waals surface area contributed by atoms with Gasteiger partial charge in [0.2, 0.25) is 8.27 Å². The minimum atomic E-state index is -2.92. The van der Waals surface area contributed by atoms with Gasteiger partial charge in [0.15, 0.2) is 0 Å². The van der Waals surface area contributed by atoms with E-state index in [2.05, 4.69) is 21.7 Å². The van der Waals surface area contributed by atoms with Crippen molar-refractivity contribution in [3.8, 4) is 0 Å². The molecule has 0 bridgehead atoms. The lowest BCUT2D eigenvalue weighted by Gasteiger charge is -2.00. The molecule has 0 fully saturated rings. The van der Waals surface area contributed by atoms with E-state index in [-0.39, 0.29) is 5.75 Å². The highest BCUT2D eigenvalue weighted by Gasteiger charge is 2.02. The van der Waals surface area contributed by atoms with E-state index in [4.69, 9.17) is 0 Å². The van der Waals surface area contributed by atoms with Gasteiger partial charge < -0.3 is 0 Å². The van der Waals surface area contributed by atoms with Crippen LogP contribution in [0.15, 0.2) is 0 Å². The summed E-state index contributed by atoms with van der Waals surface area (Å²) in [6, 6.07) is 0. The molecule has 0 amide bonds. The van der Waals surface area contributed by atoms with Crippen LogP contribution >= 0.6 is 14.8 Å². The third-order valence-electron chi connectivity index (χ3n) is 2.49. The molecule has 0 aromatic carbocycles. The molecule has 0 aromatic rings. The van der Waals surface area contributed by atoms with Gasteiger partial charge in [0, 0.05) is 0 Å². The molecule has 0 rings (SSSR count). The van der Waals surface area contributed by atoms with Gasteiger partial charge in [-0.25, -0.2) is 8.42 Å². The number of halogens is 1. The molecule has 0 unspecified atom stereocenters. The molecule has 92 valence electrons. The highest BCUT2D eigenvalue weighted by atomic mass is 79.9. The maximum absolute atomic E-state index is 10.8. The van der Waals surface area contributed by atoms with Crippen LogP contribution < -0.4 is 0 Å². The van der Waals surface area contributed by atoms with Crippen LogP contribution in [0.2, 0.25) is 0 Å². The molecule has 0 aliphatic carbocycles. The van der Waals surface area contributed by atoms with Crippen LogP contribution in [-0.4, -0.2) is 14.2 Å². The zero-order valence-electron chi connectivity index (χ0n) is 9.67. The van der Waals surface area contributed by atoms with Crippen LogP contribution in [0.25, 0.3) is 0 Å². The zero-order chi connectivity index (χ0) is 11.6. The van der Waals surface area contributed by atoms with E-state index in [0.717, 1.165) is 12.8 Å². The highest BCUT2D eigenvalue weighted by molar-refractivity contribution is 9.47. The Morgan fingerprint density at radius 1 is 0.800 bits per heavy atom. The monoisotopic (exact) mass is 298 g/mol. The Morgan fingerprint density at radius 3 is 1.60 bits per heavy atom. The smallest absolute Gasteiger partial charge is 0.209 e. The second-order valence-electron chi connectivity index (χ2n) is 4.07. The number of hydrogen-bond acceptors (Lipinski definition) is 2. The molecule has 0 saturated carbocycles. The molecule has 0 spiro atoms. The molecule has 0 aliphatic heterocycles. The van der Waals surface area contributed by atoms with Crippen LogP contribution in [0, 0.1) is 0 Å². The molecule has 0 radical (unpaired) electrons. The molecule has 15 heavy (non-hydrogen) atoms. The third kappa shape index (κ3) is 14.4. The molecular formula is C11H23BrO2S. The van der Waals surface area contributed by atoms with Gasteiger partial charge in [0.1, 0.15) is 0 Å². The van der Waals surface area contributed by atoms with Gasteiger partial charge >= 0.3 is 0 Å². The maximum Gasteiger partial charge on any atom is 0.209 e. The standard InChI is InChI=1S/C11H23BrO2S/c1-2-3-4-5-6-7-8-9-10-11-15(12,13)14/h2-11H2,1H3. The first kappa shape index (κ1) is 15.4. The summed E-state index contributed by atoms with van der Waals surface area (Å²) >= 11 is 2.66. The largest absolute Gasteiger partial charge is 0.217 e. The fourth-order valence-electron chi connectivity index (χ4n) is 1.59. The molecule has 4 heteroatoms. The zero-order valence-corrected chi connectivity index (χ0v) is 12.1. The van der Waals surface area contributed by atoms with Crippen LogP contribution in [0.4, 0.5) is 0 Å². The molecular weight excluding hydrogens is 276 g/mol. The van der Waals surface area contributed by atoms with Crippen molar-refractivity contribution in [2.45, 2.75) is 64.7 Å². The Morgan fingerprint density at radius 2 is 1.20 bits per heavy atom. The lowest BCUT2D eigenvalue weighted by atomic mass is 10.1. The van der Waals surface area contributed by atoms with Gasteiger partial charge in [-0.1, -0.05) is 58.3 Å². The summed E-state index contributed by atoms with van der Waals surface area (Å²) in [5.74, 6) is 0.281. The average Bonchev–Trinajstić information content (AvgIpc) is 2.14. The first-order chi connectivity index (χ1) is 7.06. The normalized spacial score (nSPS) is 11.9. The number of unbranched alkanes of at least 4 members (excludes halogenated alkanes) is 8. The lowest BCUT2D eigenvalue weighted by Crippen LogP contribution is -1.95. The molecule has 0 N–H and O–H groups in total. The summed E-state index contributed by atoms with van der Waals surface area (Å²) in [4.78, 5) is 0. The van der Waals surface area contributed by atoms with E-state index in [0.29, 0.717) is 0 Å². The molecule has 0 saturated heterocycles. The second kappa shape index (κ2) is 9.64. The van der Waals surface area contributed by atoms with Crippen molar-refractivity contribution in [1.29, 1.82) is 0 Å². The summed E-state index contributed by atoms with van der Waals surface area (Å²) < 4.78 is 21.5. The van der Waals surface area contributed by atoms with E-state index in [1.54, 1.807) is 0 Å².